The highest BCUT2D eigenvalue weighted by molar-refractivity contribution is 9.10. The number of anilines is 1. The summed E-state index contributed by atoms with van der Waals surface area (Å²) in [4.78, 5) is 14.4. The highest BCUT2D eigenvalue weighted by Gasteiger charge is 2.14. The third-order valence-electron chi connectivity index (χ3n) is 3.26. The predicted molar refractivity (Wildman–Crippen MR) is 93.9 cm³/mol. The SMILES string of the molecule is Cc1ccc(C(=O)N(C)c2ccc(C(N)=S)cc2)cc1Br. The highest BCUT2D eigenvalue weighted by Crippen LogP contribution is 2.21. The molecule has 5 heteroatoms. The fraction of sp³-hybridized carbons (Fsp3) is 0.125. The third-order valence-corrected chi connectivity index (χ3v) is 4.35. The first-order valence-electron chi connectivity index (χ1n) is 6.34. The summed E-state index contributed by atoms with van der Waals surface area (Å²) < 4.78 is 0.922. The van der Waals surface area contributed by atoms with Gasteiger partial charge in [0.05, 0.1) is 0 Å². The van der Waals surface area contributed by atoms with Gasteiger partial charge in [-0.05, 0) is 48.9 Å². The van der Waals surface area contributed by atoms with Crippen LogP contribution in [-0.2, 0) is 0 Å². The second kappa shape index (κ2) is 6.37. The van der Waals surface area contributed by atoms with E-state index in [2.05, 4.69) is 15.9 Å². The van der Waals surface area contributed by atoms with Gasteiger partial charge >= 0.3 is 0 Å². The van der Waals surface area contributed by atoms with Crippen LogP contribution >= 0.6 is 28.1 Å². The Morgan fingerprint density at radius 1 is 1.14 bits per heavy atom. The Balaban J connectivity index is 2.25. The lowest BCUT2D eigenvalue weighted by Gasteiger charge is -2.18. The summed E-state index contributed by atoms with van der Waals surface area (Å²) in [5.41, 5.74) is 8.87. The number of rotatable bonds is 3. The molecule has 0 saturated carbocycles. The summed E-state index contributed by atoms with van der Waals surface area (Å²) >= 11 is 8.36. The standard InChI is InChI=1S/C16H15BrN2OS/c1-10-3-4-12(9-14(10)17)16(20)19(2)13-7-5-11(6-8-13)15(18)21/h3-9H,1-2H3,(H2,18,21). The van der Waals surface area contributed by atoms with E-state index in [0.717, 1.165) is 21.3 Å². The van der Waals surface area contributed by atoms with Crippen molar-refractivity contribution in [3.63, 3.8) is 0 Å². The fourth-order valence-electron chi connectivity index (χ4n) is 1.89. The molecule has 0 saturated heterocycles. The van der Waals surface area contributed by atoms with Crippen molar-refractivity contribution in [1.29, 1.82) is 0 Å². The van der Waals surface area contributed by atoms with Gasteiger partial charge in [0, 0.05) is 28.3 Å². The van der Waals surface area contributed by atoms with Crippen molar-refractivity contribution >= 4 is 44.7 Å². The smallest absolute Gasteiger partial charge is 0.258 e. The summed E-state index contributed by atoms with van der Waals surface area (Å²) in [5.74, 6) is -0.0706. The van der Waals surface area contributed by atoms with Gasteiger partial charge in [0.1, 0.15) is 4.99 Å². The molecule has 0 aromatic heterocycles. The lowest BCUT2D eigenvalue weighted by molar-refractivity contribution is 0.0993. The molecule has 0 radical (unpaired) electrons. The quantitative estimate of drug-likeness (QED) is 0.847. The van der Waals surface area contributed by atoms with Crippen LogP contribution in [0, 0.1) is 6.92 Å². The van der Waals surface area contributed by atoms with Crippen molar-refractivity contribution in [3.8, 4) is 0 Å². The minimum atomic E-state index is -0.0706. The summed E-state index contributed by atoms with van der Waals surface area (Å²) in [7, 11) is 1.74. The maximum Gasteiger partial charge on any atom is 0.258 e. The topological polar surface area (TPSA) is 46.3 Å². The predicted octanol–water partition coefficient (Wildman–Crippen LogP) is 3.67. The molecule has 2 aromatic carbocycles. The van der Waals surface area contributed by atoms with Crippen molar-refractivity contribution in [2.45, 2.75) is 6.92 Å². The monoisotopic (exact) mass is 362 g/mol. The second-order valence-corrected chi connectivity index (χ2v) is 6.03. The molecule has 3 nitrogen and oxygen atoms in total. The van der Waals surface area contributed by atoms with Crippen LogP contribution in [-0.4, -0.2) is 17.9 Å². The van der Waals surface area contributed by atoms with E-state index in [-0.39, 0.29) is 5.91 Å². The number of benzene rings is 2. The first-order chi connectivity index (χ1) is 9.90. The second-order valence-electron chi connectivity index (χ2n) is 4.74. The largest absolute Gasteiger partial charge is 0.389 e. The molecule has 0 bridgehead atoms. The van der Waals surface area contributed by atoms with E-state index < -0.39 is 0 Å². The Morgan fingerprint density at radius 3 is 2.24 bits per heavy atom. The minimum Gasteiger partial charge on any atom is -0.389 e. The Hall–Kier alpha value is -1.72. The number of aryl methyl sites for hydroxylation is 1. The molecule has 2 rings (SSSR count). The molecule has 0 atom stereocenters. The molecule has 0 aliphatic rings. The number of carbonyl (C=O) groups is 1. The van der Waals surface area contributed by atoms with Gasteiger partial charge in [0.15, 0.2) is 0 Å². The molecule has 21 heavy (non-hydrogen) atoms. The molecule has 108 valence electrons. The van der Waals surface area contributed by atoms with Crippen LogP contribution in [0.15, 0.2) is 46.9 Å². The van der Waals surface area contributed by atoms with Gasteiger partial charge < -0.3 is 10.6 Å². The lowest BCUT2D eigenvalue weighted by Crippen LogP contribution is -2.26. The van der Waals surface area contributed by atoms with Crippen molar-refractivity contribution in [3.05, 3.63) is 63.6 Å². The molecular weight excluding hydrogens is 348 g/mol. The van der Waals surface area contributed by atoms with Crippen LogP contribution in [0.2, 0.25) is 0 Å². The van der Waals surface area contributed by atoms with Crippen molar-refractivity contribution in [1.82, 2.24) is 0 Å². The number of hydrogen-bond acceptors (Lipinski definition) is 2. The Kier molecular flexibility index (Phi) is 4.75. The molecule has 0 fully saturated rings. The number of nitrogens with zero attached hydrogens (tertiary/aromatic N) is 1. The van der Waals surface area contributed by atoms with E-state index in [1.54, 1.807) is 11.9 Å². The maximum atomic E-state index is 12.5. The van der Waals surface area contributed by atoms with Crippen LogP contribution < -0.4 is 10.6 Å². The normalized spacial score (nSPS) is 10.2. The van der Waals surface area contributed by atoms with Gasteiger partial charge in [-0.15, -0.1) is 0 Å². The van der Waals surface area contributed by atoms with E-state index in [9.17, 15) is 4.79 Å². The lowest BCUT2D eigenvalue weighted by atomic mass is 10.1. The molecule has 2 N–H and O–H groups in total. The van der Waals surface area contributed by atoms with Gasteiger partial charge in [0.25, 0.3) is 5.91 Å². The molecular formula is C16H15BrN2OS. The van der Waals surface area contributed by atoms with Gasteiger partial charge in [0.2, 0.25) is 0 Å². The molecule has 0 aliphatic heterocycles. The van der Waals surface area contributed by atoms with Gasteiger partial charge in [-0.3, -0.25) is 4.79 Å². The summed E-state index contributed by atoms with van der Waals surface area (Å²) in [6.07, 6.45) is 0. The molecule has 0 spiro atoms. The highest BCUT2D eigenvalue weighted by atomic mass is 79.9. The zero-order valence-electron chi connectivity index (χ0n) is 11.8. The van der Waals surface area contributed by atoms with Gasteiger partial charge in [-0.25, -0.2) is 0 Å². The number of halogens is 1. The van der Waals surface area contributed by atoms with E-state index in [4.69, 9.17) is 18.0 Å². The Morgan fingerprint density at radius 2 is 1.71 bits per heavy atom. The van der Waals surface area contributed by atoms with Crippen LogP contribution in [0.1, 0.15) is 21.5 Å². The number of hydrogen-bond donors (Lipinski definition) is 1. The Labute approximate surface area is 137 Å². The Bertz CT molecular complexity index is 698. The van der Waals surface area contributed by atoms with Crippen molar-refractivity contribution in [2.75, 3.05) is 11.9 Å². The molecule has 0 heterocycles. The summed E-state index contributed by atoms with van der Waals surface area (Å²) in [6.45, 7) is 1.98. The fourth-order valence-corrected chi connectivity index (χ4v) is 2.40. The van der Waals surface area contributed by atoms with E-state index in [0.29, 0.717) is 10.6 Å². The van der Waals surface area contributed by atoms with E-state index >= 15 is 0 Å². The maximum absolute atomic E-state index is 12.5. The van der Waals surface area contributed by atoms with Crippen LogP contribution in [0.4, 0.5) is 5.69 Å². The average molecular weight is 363 g/mol. The number of nitrogens with two attached hydrogens (primary N) is 1. The minimum absolute atomic E-state index is 0.0706. The van der Waals surface area contributed by atoms with E-state index in [1.165, 1.54) is 0 Å². The first-order valence-corrected chi connectivity index (χ1v) is 7.54. The number of thiocarbonyl (C=S) groups is 1. The molecule has 2 aromatic rings. The zero-order valence-corrected chi connectivity index (χ0v) is 14.2. The van der Waals surface area contributed by atoms with Crippen LogP contribution in [0.3, 0.4) is 0 Å². The van der Waals surface area contributed by atoms with E-state index in [1.807, 2.05) is 49.4 Å². The first kappa shape index (κ1) is 15.7. The molecule has 0 unspecified atom stereocenters. The van der Waals surface area contributed by atoms with Gasteiger partial charge in [-0.1, -0.05) is 34.2 Å². The number of carbonyl (C=O) groups excluding carboxylic acids is 1. The van der Waals surface area contributed by atoms with Crippen LogP contribution in [0.5, 0.6) is 0 Å². The summed E-state index contributed by atoms with van der Waals surface area (Å²) in [5, 5.41) is 0. The van der Waals surface area contributed by atoms with Crippen molar-refractivity contribution < 1.29 is 4.79 Å². The van der Waals surface area contributed by atoms with Gasteiger partial charge in [-0.2, -0.15) is 0 Å². The van der Waals surface area contributed by atoms with Crippen molar-refractivity contribution in [2.24, 2.45) is 5.73 Å². The average Bonchev–Trinajstić information content (AvgIpc) is 2.48. The number of amides is 1. The summed E-state index contributed by atoms with van der Waals surface area (Å²) in [6, 6.07) is 12.9. The molecule has 1 amide bonds. The zero-order chi connectivity index (χ0) is 15.6. The van der Waals surface area contributed by atoms with Crippen LogP contribution in [0.25, 0.3) is 0 Å². The molecule has 0 aliphatic carbocycles. The third kappa shape index (κ3) is 3.49.